The van der Waals surface area contributed by atoms with E-state index >= 15 is 0 Å². The average Bonchev–Trinajstić information content (AvgIpc) is 3.54. The molecule has 190 valence electrons. The molecule has 0 radical (unpaired) electrons. The van der Waals surface area contributed by atoms with Crippen LogP contribution in [0.5, 0.6) is 5.75 Å². The molecule has 4 nitrogen and oxygen atoms in total. The van der Waals surface area contributed by atoms with Crippen LogP contribution in [0.1, 0.15) is 0 Å². The molecule has 2 aromatic heterocycles. The topological polar surface area (TPSA) is 45.1 Å². The SMILES string of the molecule is NOc1cc(-c2cccc(-n3c4ccccc4c4ccccc43)c2)cc(-n2c3ccccc3c3ccccc32)c1. The summed E-state index contributed by atoms with van der Waals surface area (Å²) in [6.45, 7) is 0. The highest BCUT2D eigenvalue weighted by Crippen LogP contribution is 2.37. The van der Waals surface area contributed by atoms with E-state index in [1.54, 1.807) is 0 Å². The van der Waals surface area contributed by atoms with Crippen molar-refractivity contribution >= 4 is 43.6 Å². The Morgan fingerprint density at radius 1 is 0.400 bits per heavy atom. The fourth-order valence-electron chi connectivity index (χ4n) is 6.17. The van der Waals surface area contributed by atoms with E-state index in [1.165, 1.54) is 32.6 Å². The Labute approximate surface area is 231 Å². The van der Waals surface area contributed by atoms with Crippen LogP contribution in [0.3, 0.4) is 0 Å². The normalized spacial score (nSPS) is 11.6. The number of nitrogens with zero attached hydrogens (tertiary/aromatic N) is 2. The molecule has 0 atom stereocenters. The van der Waals surface area contributed by atoms with Crippen LogP contribution in [-0.4, -0.2) is 9.13 Å². The Hall–Kier alpha value is -5.32. The maximum absolute atomic E-state index is 5.76. The highest BCUT2D eigenvalue weighted by molar-refractivity contribution is 6.10. The van der Waals surface area contributed by atoms with Crippen LogP contribution >= 0.6 is 0 Å². The number of benzene rings is 6. The molecule has 0 saturated heterocycles. The third-order valence-electron chi connectivity index (χ3n) is 7.88. The maximum atomic E-state index is 5.76. The maximum Gasteiger partial charge on any atom is 0.149 e. The van der Waals surface area contributed by atoms with E-state index in [4.69, 9.17) is 10.7 Å². The smallest absolute Gasteiger partial charge is 0.149 e. The summed E-state index contributed by atoms with van der Waals surface area (Å²) in [6.07, 6.45) is 0. The van der Waals surface area contributed by atoms with Gasteiger partial charge in [0.1, 0.15) is 5.75 Å². The summed E-state index contributed by atoms with van der Waals surface area (Å²) in [6, 6.07) is 49.0. The molecule has 4 heteroatoms. The van der Waals surface area contributed by atoms with Crippen LogP contribution in [0, 0.1) is 0 Å². The molecule has 0 saturated carbocycles. The van der Waals surface area contributed by atoms with Crippen molar-refractivity contribution < 1.29 is 4.84 Å². The van der Waals surface area contributed by atoms with E-state index < -0.39 is 0 Å². The molecule has 0 amide bonds. The lowest BCUT2D eigenvalue weighted by Crippen LogP contribution is -2.03. The second kappa shape index (κ2) is 8.87. The predicted octanol–water partition coefficient (Wildman–Crippen LogP) is 8.80. The Bertz CT molecular complexity index is 2110. The number of para-hydroxylation sites is 4. The number of rotatable bonds is 4. The van der Waals surface area contributed by atoms with Gasteiger partial charge in [0.25, 0.3) is 0 Å². The molecule has 0 aliphatic carbocycles. The van der Waals surface area contributed by atoms with Crippen LogP contribution in [-0.2, 0) is 0 Å². The van der Waals surface area contributed by atoms with Crippen LogP contribution in [0.15, 0.2) is 140 Å². The van der Waals surface area contributed by atoms with Gasteiger partial charge in [-0.05, 0) is 59.7 Å². The lowest BCUT2D eigenvalue weighted by atomic mass is 10.0. The van der Waals surface area contributed by atoms with Gasteiger partial charge in [-0.15, -0.1) is 0 Å². The van der Waals surface area contributed by atoms with E-state index in [2.05, 4.69) is 137 Å². The molecule has 0 fully saturated rings. The van der Waals surface area contributed by atoms with E-state index in [0.717, 1.165) is 33.5 Å². The molecule has 40 heavy (non-hydrogen) atoms. The summed E-state index contributed by atoms with van der Waals surface area (Å²) in [5.41, 5.74) is 8.87. The van der Waals surface area contributed by atoms with Gasteiger partial charge in [-0.2, -0.15) is 5.90 Å². The van der Waals surface area contributed by atoms with Gasteiger partial charge >= 0.3 is 0 Å². The Kier molecular flexibility index (Phi) is 5.02. The first kappa shape index (κ1) is 22.6. The molecule has 0 unspecified atom stereocenters. The molecular weight excluding hydrogens is 490 g/mol. The molecule has 0 aliphatic heterocycles. The van der Waals surface area contributed by atoms with Crippen molar-refractivity contribution in [2.24, 2.45) is 5.90 Å². The lowest BCUT2D eigenvalue weighted by Gasteiger charge is -2.14. The third-order valence-corrected chi connectivity index (χ3v) is 7.88. The van der Waals surface area contributed by atoms with Crippen LogP contribution in [0.2, 0.25) is 0 Å². The average molecular weight is 516 g/mol. The lowest BCUT2D eigenvalue weighted by molar-refractivity contribution is 0.334. The van der Waals surface area contributed by atoms with Crippen molar-refractivity contribution in [1.29, 1.82) is 0 Å². The minimum absolute atomic E-state index is 0.608. The molecule has 2 N–H and O–H groups in total. The van der Waals surface area contributed by atoms with Gasteiger partial charge in [0.05, 0.1) is 27.8 Å². The van der Waals surface area contributed by atoms with Gasteiger partial charge in [-0.1, -0.05) is 84.9 Å². The monoisotopic (exact) mass is 515 g/mol. The van der Waals surface area contributed by atoms with Crippen molar-refractivity contribution in [3.05, 3.63) is 140 Å². The van der Waals surface area contributed by atoms with Crippen molar-refractivity contribution in [2.45, 2.75) is 0 Å². The zero-order valence-electron chi connectivity index (χ0n) is 21.7. The second-order valence-corrected chi connectivity index (χ2v) is 10.1. The number of aromatic nitrogens is 2. The van der Waals surface area contributed by atoms with Crippen LogP contribution < -0.4 is 10.7 Å². The van der Waals surface area contributed by atoms with Gasteiger partial charge in [0.2, 0.25) is 0 Å². The van der Waals surface area contributed by atoms with Gasteiger partial charge in [0.15, 0.2) is 0 Å². The Morgan fingerprint density at radius 3 is 1.35 bits per heavy atom. The molecule has 6 aromatic carbocycles. The number of nitrogens with two attached hydrogens (primary N) is 1. The first-order valence-electron chi connectivity index (χ1n) is 13.4. The summed E-state index contributed by atoms with van der Waals surface area (Å²) in [4.78, 5) is 5.34. The fraction of sp³-hybridized carbons (Fsp3) is 0. The standard InChI is InChI=1S/C36H25N3O/c37-40-28-22-25(21-27(23-28)39-35-18-7-3-14-31(35)32-15-4-8-19-36(32)39)24-10-9-11-26(20-24)38-33-16-5-1-12-29(33)30-13-2-6-17-34(30)38/h1-23H,37H2. The molecule has 8 rings (SSSR count). The largest absolute Gasteiger partial charge is 0.411 e. The van der Waals surface area contributed by atoms with Gasteiger partial charge in [0, 0.05) is 33.3 Å². The summed E-state index contributed by atoms with van der Waals surface area (Å²) in [5.74, 6) is 6.37. The molecule has 0 spiro atoms. The van der Waals surface area contributed by atoms with E-state index in [1.807, 2.05) is 12.1 Å². The minimum Gasteiger partial charge on any atom is -0.411 e. The number of hydrogen-bond donors (Lipinski definition) is 1. The molecule has 2 heterocycles. The highest BCUT2D eigenvalue weighted by Gasteiger charge is 2.15. The zero-order chi connectivity index (χ0) is 26.6. The Balaban J connectivity index is 1.35. The molecule has 0 bridgehead atoms. The first-order chi connectivity index (χ1) is 19.8. The summed E-state index contributed by atoms with van der Waals surface area (Å²) in [5, 5.41) is 4.92. The van der Waals surface area contributed by atoms with E-state index in [-0.39, 0.29) is 0 Å². The number of fused-ring (bicyclic) bond motifs is 6. The van der Waals surface area contributed by atoms with Crippen molar-refractivity contribution in [3.8, 4) is 28.3 Å². The van der Waals surface area contributed by atoms with Crippen molar-refractivity contribution in [3.63, 3.8) is 0 Å². The quantitative estimate of drug-likeness (QED) is 0.238. The van der Waals surface area contributed by atoms with Gasteiger partial charge < -0.3 is 14.0 Å². The van der Waals surface area contributed by atoms with Crippen LogP contribution in [0.25, 0.3) is 66.1 Å². The van der Waals surface area contributed by atoms with Crippen LogP contribution in [0.4, 0.5) is 0 Å². The van der Waals surface area contributed by atoms with Gasteiger partial charge in [-0.3, -0.25) is 0 Å². The third kappa shape index (κ3) is 3.37. The van der Waals surface area contributed by atoms with Crippen molar-refractivity contribution in [2.75, 3.05) is 0 Å². The Morgan fingerprint density at radius 2 is 0.850 bits per heavy atom. The summed E-state index contributed by atoms with van der Waals surface area (Å²) in [7, 11) is 0. The zero-order valence-corrected chi connectivity index (χ0v) is 21.7. The predicted molar refractivity (Wildman–Crippen MR) is 165 cm³/mol. The molecule has 8 aromatic rings. The highest BCUT2D eigenvalue weighted by atomic mass is 16.6. The molecule has 0 aliphatic rings. The number of hydrogen-bond acceptors (Lipinski definition) is 2. The van der Waals surface area contributed by atoms with Gasteiger partial charge in [-0.25, -0.2) is 0 Å². The fourth-order valence-corrected chi connectivity index (χ4v) is 6.17. The molecular formula is C36H25N3O. The summed E-state index contributed by atoms with van der Waals surface area (Å²) >= 11 is 0. The second-order valence-electron chi connectivity index (χ2n) is 10.1. The van der Waals surface area contributed by atoms with E-state index in [9.17, 15) is 0 Å². The minimum atomic E-state index is 0.608. The first-order valence-corrected chi connectivity index (χ1v) is 13.4. The van der Waals surface area contributed by atoms with E-state index in [0.29, 0.717) is 5.75 Å². The van der Waals surface area contributed by atoms with Crippen molar-refractivity contribution in [1.82, 2.24) is 9.13 Å². The summed E-state index contributed by atoms with van der Waals surface area (Å²) < 4.78 is 4.62.